The van der Waals surface area contributed by atoms with E-state index in [9.17, 15) is 4.79 Å². The van der Waals surface area contributed by atoms with Gasteiger partial charge in [0, 0.05) is 31.0 Å². The van der Waals surface area contributed by atoms with Crippen molar-refractivity contribution in [1.29, 1.82) is 0 Å². The molecular formula is C18H20ClN5O2. The minimum Gasteiger partial charge on any atom is -0.419 e. The van der Waals surface area contributed by atoms with Gasteiger partial charge in [0.1, 0.15) is 5.69 Å². The van der Waals surface area contributed by atoms with Crippen LogP contribution in [0.4, 0.5) is 0 Å². The third kappa shape index (κ3) is 4.29. The highest BCUT2D eigenvalue weighted by Gasteiger charge is 2.15. The van der Waals surface area contributed by atoms with Crippen LogP contribution in [-0.2, 0) is 24.3 Å². The van der Waals surface area contributed by atoms with Gasteiger partial charge in [-0.05, 0) is 31.5 Å². The van der Waals surface area contributed by atoms with Crippen LogP contribution in [-0.4, -0.2) is 25.9 Å². The van der Waals surface area contributed by atoms with Crippen LogP contribution in [0.3, 0.4) is 0 Å². The van der Waals surface area contributed by atoms with Gasteiger partial charge in [-0.3, -0.25) is 9.48 Å². The van der Waals surface area contributed by atoms with Crippen molar-refractivity contribution in [3.05, 3.63) is 52.5 Å². The van der Waals surface area contributed by atoms with Gasteiger partial charge in [-0.1, -0.05) is 29.8 Å². The lowest BCUT2D eigenvalue weighted by molar-refractivity contribution is -0.121. The van der Waals surface area contributed by atoms with E-state index in [4.69, 9.17) is 16.0 Å². The molecule has 0 unspecified atom stereocenters. The third-order valence-corrected chi connectivity index (χ3v) is 4.26. The maximum absolute atomic E-state index is 12.0. The quantitative estimate of drug-likeness (QED) is 0.687. The molecule has 0 aliphatic carbocycles. The van der Waals surface area contributed by atoms with Crippen molar-refractivity contribution in [1.82, 2.24) is 25.3 Å². The first-order valence-electron chi connectivity index (χ1n) is 8.44. The summed E-state index contributed by atoms with van der Waals surface area (Å²) in [5.41, 5.74) is 2.55. The van der Waals surface area contributed by atoms with E-state index in [0.717, 1.165) is 17.0 Å². The molecule has 3 aromatic rings. The number of hydrogen-bond donors (Lipinski definition) is 1. The van der Waals surface area contributed by atoms with E-state index in [0.29, 0.717) is 36.3 Å². The van der Waals surface area contributed by atoms with Crippen molar-refractivity contribution in [2.75, 3.05) is 0 Å². The standard InChI is InChI=1S/C18H20ClN5O2/c1-3-24-15(10-12(2)23-24)18-22-21-17(26-18)9-8-16(25)20-11-13-6-4-5-7-14(13)19/h4-7,10H,3,8-9,11H2,1-2H3,(H,20,25). The third-order valence-electron chi connectivity index (χ3n) is 3.89. The van der Waals surface area contributed by atoms with Gasteiger partial charge in [0.05, 0.1) is 5.69 Å². The molecule has 26 heavy (non-hydrogen) atoms. The number of amides is 1. The average molecular weight is 374 g/mol. The summed E-state index contributed by atoms with van der Waals surface area (Å²) in [7, 11) is 0. The highest BCUT2D eigenvalue weighted by atomic mass is 35.5. The average Bonchev–Trinajstić information content (AvgIpc) is 3.25. The van der Waals surface area contributed by atoms with Gasteiger partial charge in [0.25, 0.3) is 5.89 Å². The molecule has 1 amide bonds. The number of benzene rings is 1. The second-order valence-electron chi connectivity index (χ2n) is 5.86. The number of halogens is 1. The van der Waals surface area contributed by atoms with Crippen molar-refractivity contribution in [3.63, 3.8) is 0 Å². The summed E-state index contributed by atoms with van der Waals surface area (Å²) in [5.74, 6) is 0.743. The van der Waals surface area contributed by atoms with Crippen molar-refractivity contribution in [3.8, 4) is 11.6 Å². The summed E-state index contributed by atoms with van der Waals surface area (Å²) >= 11 is 6.08. The predicted molar refractivity (Wildman–Crippen MR) is 97.5 cm³/mol. The highest BCUT2D eigenvalue weighted by Crippen LogP contribution is 2.19. The minimum absolute atomic E-state index is 0.0980. The number of nitrogens with zero attached hydrogens (tertiary/aromatic N) is 4. The van der Waals surface area contributed by atoms with Gasteiger partial charge >= 0.3 is 0 Å². The van der Waals surface area contributed by atoms with E-state index in [1.54, 1.807) is 6.07 Å². The number of aryl methyl sites for hydroxylation is 3. The number of nitrogens with one attached hydrogen (secondary N) is 1. The molecule has 0 bridgehead atoms. The van der Waals surface area contributed by atoms with Crippen molar-refractivity contribution in [2.45, 2.75) is 39.8 Å². The summed E-state index contributed by atoms with van der Waals surface area (Å²) < 4.78 is 7.48. The Kier molecular flexibility index (Phi) is 5.68. The molecule has 2 aromatic heterocycles. The molecule has 1 N–H and O–H groups in total. The number of carbonyl (C=O) groups excluding carboxylic acids is 1. The van der Waals surface area contributed by atoms with E-state index >= 15 is 0 Å². The topological polar surface area (TPSA) is 85.8 Å². The van der Waals surface area contributed by atoms with Crippen LogP contribution < -0.4 is 5.32 Å². The van der Waals surface area contributed by atoms with E-state index in [1.807, 2.05) is 42.8 Å². The zero-order chi connectivity index (χ0) is 18.5. The van der Waals surface area contributed by atoms with Crippen LogP contribution >= 0.6 is 11.6 Å². The Morgan fingerprint density at radius 2 is 2.12 bits per heavy atom. The Bertz CT molecular complexity index is 903. The smallest absolute Gasteiger partial charge is 0.265 e. The second-order valence-corrected chi connectivity index (χ2v) is 6.26. The Labute approximate surface area is 156 Å². The largest absolute Gasteiger partial charge is 0.419 e. The van der Waals surface area contributed by atoms with Crippen LogP contribution in [0.1, 0.15) is 30.5 Å². The van der Waals surface area contributed by atoms with E-state index in [-0.39, 0.29) is 12.3 Å². The molecular weight excluding hydrogens is 354 g/mol. The van der Waals surface area contributed by atoms with Crippen LogP contribution in [0.25, 0.3) is 11.6 Å². The molecule has 0 spiro atoms. The number of hydrogen-bond acceptors (Lipinski definition) is 5. The minimum atomic E-state index is -0.0980. The van der Waals surface area contributed by atoms with Crippen LogP contribution in [0.5, 0.6) is 0 Å². The summed E-state index contributed by atoms with van der Waals surface area (Å²) in [5, 5.41) is 15.9. The first kappa shape index (κ1) is 18.1. The fraction of sp³-hybridized carbons (Fsp3) is 0.333. The molecule has 0 fully saturated rings. The SMILES string of the molecule is CCn1nc(C)cc1-c1nnc(CCC(=O)NCc2ccccc2Cl)o1. The molecule has 0 aliphatic heterocycles. The van der Waals surface area contributed by atoms with Crippen molar-refractivity contribution in [2.24, 2.45) is 0 Å². The number of aromatic nitrogens is 4. The second kappa shape index (κ2) is 8.14. The summed E-state index contributed by atoms with van der Waals surface area (Å²) in [6, 6.07) is 9.32. The molecule has 0 radical (unpaired) electrons. The lowest BCUT2D eigenvalue weighted by atomic mass is 10.2. The molecule has 7 nitrogen and oxygen atoms in total. The first-order valence-corrected chi connectivity index (χ1v) is 8.82. The Balaban J connectivity index is 1.54. The Hall–Kier alpha value is -2.67. The lowest BCUT2D eigenvalue weighted by Crippen LogP contribution is -2.23. The summed E-state index contributed by atoms with van der Waals surface area (Å²) in [6.45, 7) is 5.01. The normalized spacial score (nSPS) is 10.9. The molecule has 8 heteroatoms. The van der Waals surface area contributed by atoms with E-state index < -0.39 is 0 Å². The van der Waals surface area contributed by atoms with Crippen molar-refractivity contribution < 1.29 is 9.21 Å². The molecule has 0 atom stereocenters. The molecule has 2 heterocycles. The van der Waals surface area contributed by atoms with Gasteiger partial charge in [-0.15, -0.1) is 10.2 Å². The van der Waals surface area contributed by atoms with E-state index in [1.165, 1.54) is 0 Å². The maximum atomic E-state index is 12.0. The van der Waals surface area contributed by atoms with E-state index in [2.05, 4.69) is 20.6 Å². The molecule has 136 valence electrons. The predicted octanol–water partition coefficient (Wildman–Crippen LogP) is 3.16. The van der Waals surface area contributed by atoms with Crippen LogP contribution in [0, 0.1) is 6.92 Å². The number of carbonyl (C=O) groups is 1. The van der Waals surface area contributed by atoms with Crippen LogP contribution in [0.15, 0.2) is 34.7 Å². The zero-order valence-corrected chi connectivity index (χ0v) is 15.5. The highest BCUT2D eigenvalue weighted by molar-refractivity contribution is 6.31. The fourth-order valence-electron chi connectivity index (χ4n) is 2.56. The fourth-order valence-corrected chi connectivity index (χ4v) is 2.76. The zero-order valence-electron chi connectivity index (χ0n) is 14.7. The van der Waals surface area contributed by atoms with Crippen LogP contribution in [0.2, 0.25) is 5.02 Å². The number of rotatable bonds is 7. The summed E-state index contributed by atoms with van der Waals surface area (Å²) in [6.07, 6.45) is 0.638. The van der Waals surface area contributed by atoms with Gasteiger partial charge in [-0.2, -0.15) is 5.10 Å². The van der Waals surface area contributed by atoms with Gasteiger partial charge in [0.15, 0.2) is 0 Å². The molecule has 3 rings (SSSR count). The van der Waals surface area contributed by atoms with Gasteiger partial charge in [-0.25, -0.2) is 0 Å². The van der Waals surface area contributed by atoms with Crippen molar-refractivity contribution >= 4 is 17.5 Å². The lowest BCUT2D eigenvalue weighted by Gasteiger charge is -2.06. The molecule has 1 aromatic carbocycles. The first-order chi connectivity index (χ1) is 12.6. The molecule has 0 saturated heterocycles. The maximum Gasteiger partial charge on any atom is 0.265 e. The monoisotopic (exact) mass is 373 g/mol. The van der Waals surface area contributed by atoms with Gasteiger partial charge in [0.2, 0.25) is 11.8 Å². The Morgan fingerprint density at radius 1 is 1.31 bits per heavy atom. The Morgan fingerprint density at radius 3 is 2.88 bits per heavy atom. The summed E-state index contributed by atoms with van der Waals surface area (Å²) in [4.78, 5) is 12.0. The molecule has 0 saturated carbocycles. The van der Waals surface area contributed by atoms with Gasteiger partial charge < -0.3 is 9.73 Å². The molecule has 0 aliphatic rings.